The largest absolute Gasteiger partial charge is 0.494 e. The zero-order valence-corrected chi connectivity index (χ0v) is 23.8. The highest BCUT2D eigenvalue weighted by Crippen LogP contribution is 2.21. The van der Waals surface area contributed by atoms with Crippen LogP contribution in [0.1, 0.15) is 65.2 Å². The normalized spacial score (nSPS) is 17.0. The molecule has 7 nitrogen and oxygen atoms in total. The lowest BCUT2D eigenvalue weighted by molar-refractivity contribution is 0.0829. The van der Waals surface area contributed by atoms with Crippen LogP contribution in [0.25, 0.3) is 0 Å². The van der Waals surface area contributed by atoms with Gasteiger partial charge in [0, 0.05) is 25.8 Å². The molecule has 40 heavy (non-hydrogen) atoms. The number of methoxy groups -OCH3 is 1. The minimum atomic E-state index is -0.821. The van der Waals surface area contributed by atoms with Gasteiger partial charge in [0.05, 0.1) is 32.0 Å². The number of aliphatic hydroxyl groups excluding tert-OH is 1. The first kappa shape index (κ1) is 29.6. The molecule has 3 aromatic carbocycles. The van der Waals surface area contributed by atoms with Crippen LogP contribution in [0, 0.1) is 0 Å². The first-order valence-electron chi connectivity index (χ1n) is 14.2. The second kappa shape index (κ2) is 14.8. The molecule has 7 heteroatoms. The number of rotatable bonds is 8. The maximum atomic E-state index is 13.5. The van der Waals surface area contributed by atoms with Crippen molar-refractivity contribution in [2.75, 3.05) is 26.9 Å². The molecule has 3 aromatic rings. The van der Waals surface area contributed by atoms with Gasteiger partial charge in [-0.3, -0.25) is 4.79 Å². The van der Waals surface area contributed by atoms with E-state index >= 15 is 0 Å². The van der Waals surface area contributed by atoms with Crippen LogP contribution in [0.5, 0.6) is 11.5 Å². The van der Waals surface area contributed by atoms with Gasteiger partial charge in [-0.1, -0.05) is 50.2 Å². The zero-order valence-electron chi connectivity index (χ0n) is 23.8. The quantitative estimate of drug-likeness (QED) is 0.369. The summed E-state index contributed by atoms with van der Waals surface area (Å²) in [6, 6.07) is 21.3. The van der Waals surface area contributed by atoms with Crippen molar-refractivity contribution in [3.63, 3.8) is 0 Å². The molecule has 0 fully saturated rings. The molecule has 1 aliphatic heterocycles. The molecule has 0 spiro atoms. The Morgan fingerprint density at radius 2 is 1.75 bits per heavy atom. The second-order valence-electron chi connectivity index (χ2n) is 10.7. The number of fused-ring (bicyclic) bond motifs is 4. The van der Waals surface area contributed by atoms with Crippen molar-refractivity contribution in [3.05, 3.63) is 94.5 Å². The van der Waals surface area contributed by atoms with Crippen molar-refractivity contribution < 1.29 is 24.1 Å². The summed E-state index contributed by atoms with van der Waals surface area (Å²) in [5.74, 6) is 1.59. The molecule has 214 valence electrons. The van der Waals surface area contributed by atoms with Gasteiger partial charge in [-0.05, 0) is 77.8 Å². The molecule has 0 radical (unpaired) electrons. The van der Waals surface area contributed by atoms with Crippen LogP contribution < -0.4 is 20.1 Å². The van der Waals surface area contributed by atoms with Crippen molar-refractivity contribution in [1.29, 1.82) is 0 Å². The standard InChI is InChI=1S/C33H42N2O5/c1-23(2)27-10-6-9-25(14-27)20-34-21-32(36)31-18-24-8-7-11-29(16-24)39-12-4-5-13-40-30-17-26(22-38-3)15-28(19-30)33(37)35-31/h6-11,14-17,19,23,31-32,34,36H,4-5,12-13,18,20-22H2,1-3H3,(H,35,37)/t31-,32+/m0/s1. The van der Waals surface area contributed by atoms with E-state index in [0.29, 0.717) is 56.6 Å². The van der Waals surface area contributed by atoms with E-state index in [1.165, 1.54) is 5.56 Å². The number of ether oxygens (including phenoxy) is 3. The van der Waals surface area contributed by atoms with Gasteiger partial charge >= 0.3 is 0 Å². The predicted octanol–water partition coefficient (Wildman–Crippen LogP) is 5.00. The van der Waals surface area contributed by atoms with Crippen molar-refractivity contribution in [3.8, 4) is 11.5 Å². The summed E-state index contributed by atoms with van der Waals surface area (Å²) in [7, 11) is 1.62. The van der Waals surface area contributed by atoms with Crippen molar-refractivity contribution >= 4 is 5.91 Å². The number of hydrogen-bond donors (Lipinski definition) is 3. The summed E-state index contributed by atoms with van der Waals surface area (Å²) in [5, 5.41) is 17.8. The summed E-state index contributed by atoms with van der Waals surface area (Å²) in [4.78, 5) is 13.5. The van der Waals surface area contributed by atoms with Gasteiger partial charge in [-0.2, -0.15) is 0 Å². The average Bonchev–Trinajstić information content (AvgIpc) is 2.94. The Hall–Kier alpha value is -3.39. The van der Waals surface area contributed by atoms with Crippen molar-refractivity contribution in [2.24, 2.45) is 0 Å². The molecule has 0 saturated heterocycles. The zero-order chi connectivity index (χ0) is 28.3. The number of nitrogens with one attached hydrogen (secondary N) is 2. The minimum Gasteiger partial charge on any atom is -0.494 e. The predicted molar refractivity (Wildman–Crippen MR) is 157 cm³/mol. The highest BCUT2D eigenvalue weighted by atomic mass is 16.5. The van der Waals surface area contributed by atoms with Crippen LogP contribution in [-0.2, 0) is 24.3 Å². The molecule has 0 aliphatic carbocycles. The summed E-state index contributed by atoms with van der Waals surface area (Å²) in [5.41, 5.74) is 4.75. The number of aliphatic hydroxyl groups is 1. The Morgan fingerprint density at radius 1 is 0.975 bits per heavy atom. The van der Waals surface area contributed by atoms with E-state index in [0.717, 1.165) is 35.3 Å². The van der Waals surface area contributed by atoms with E-state index in [1.807, 2.05) is 36.4 Å². The van der Waals surface area contributed by atoms with Gasteiger partial charge in [0.1, 0.15) is 11.5 Å². The number of carbonyl (C=O) groups is 1. The summed E-state index contributed by atoms with van der Waals surface area (Å²) in [6.07, 6.45) is 1.32. The fourth-order valence-corrected chi connectivity index (χ4v) is 4.83. The number of hydrogen-bond acceptors (Lipinski definition) is 6. The van der Waals surface area contributed by atoms with Gasteiger partial charge in [0.25, 0.3) is 5.91 Å². The van der Waals surface area contributed by atoms with Gasteiger partial charge in [0.15, 0.2) is 0 Å². The highest BCUT2D eigenvalue weighted by molar-refractivity contribution is 5.95. The second-order valence-corrected chi connectivity index (χ2v) is 10.7. The molecule has 2 atom stereocenters. The van der Waals surface area contributed by atoms with E-state index in [9.17, 15) is 9.90 Å². The minimum absolute atomic E-state index is 0.268. The van der Waals surface area contributed by atoms with E-state index in [-0.39, 0.29) is 5.91 Å². The first-order valence-corrected chi connectivity index (χ1v) is 14.2. The van der Waals surface area contributed by atoms with Crippen LogP contribution in [-0.4, -0.2) is 50.0 Å². The molecule has 0 aromatic heterocycles. The third kappa shape index (κ3) is 8.81. The van der Waals surface area contributed by atoms with E-state index < -0.39 is 12.1 Å². The lowest BCUT2D eigenvalue weighted by Gasteiger charge is -2.25. The van der Waals surface area contributed by atoms with E-state index in [1.54, 1.807) is 13.2 Å². The van der Waals surface area contributed by atoms with Gasteiger partial charge < -0.3 is 30.0 Å². The van der Waals surface area contributed by atoms with Crippen LogP contribution in [0.3, 0.4) is 0 Å². The maximum absolute atomic E-state index is 13.5. The SMILES string of the molecule is COCc1cc2cc(c1)C(=O)N[C@H]([C@H](O)CNCc1cccc(C(C)C)c1)Cc1cccc(c1)OCCCCO2. The van der Waals surface area contributed by atoms with E-state index in [4.69, 9.17) is 14.2 Å². The topological polar surface area (TPSA) is 89.1 Å². The molecule has 0 unspecified atom stereocenters. The van der Waals surface area contributed by atoms with Gasteiger partial charge in [-0.15, -0.1) is 0 Å². The van der Waals surface area contributed by atoms with Crippen LogP contribution in [0.15, 0.2) is 66.7 Å². The Balaban J connectivity index is 1.53. The summed E-state index contributed by atoms with van der Waals surface area (Å²) in [6.45, 7) is 6.78. The molecule has 4 rings (SSSR count). The van der Waals surface area contributed by atoms with Crippen LogP contribution in [0.4, 0.5) is 0 Å². The van der Waals surface area contributed by atoms with Gasteiger partial charge in [-0.25, -0.2) is 0 Å². The van der Waals surface area contributed by atoms with Crippen molar-refractivity contribution in [2.45, 2.75) is 64.3 Å². The number of carbonyl (C=O) groups excluding carboxylic acids is 1. The molecule has 3 N–H and O–H groups in total. The molecule has 1 amide bonds. The molecule has 1 heterocycles. The summed E-state index contributed by atoms with van der Waals surface area (Å²) >= 11 is 0. The Morgan fingerprint density at radius 3 is 2.52 bits per heavy atom. The Labute approximate surface area is 237 Å². The maximum Gasteiger partial charge on any atom is 0.251 e. The third-order valence-electron chi connectivity index (χ3n) is 7.05. The smallest absolute Gasteiger partial charge is 0.251 e. The molecular formula is C33H42N2O5. The average molecular weight is 547 g/mol. The van der Waals surface area contributed by atoms with Gasteiger partial charge in [0.2, 0.25) is 0 Å². The molecule has 4 bridgehead atoms. The molecular weight excluding hydrogens is 504 g/mol. The highest BCUT2D eigenvalue weighted by Gasteiger charge is 2.23. The Bertz CT molecular complexity index is 1250. The van der Waals surface area contributed by atoms with Crippen LogP contribution >= 0.6 is 0 Å². The number of benzene rings is 3. The van der Waals surface area contributed by atoms with Crippen LogP contribution in [0.2, 0.25) is 0 Å². The van der Waals surface area contributed by atoms with Crippen molar-refractivity contribution in [1.82, 2.24) is 10.6 Å². The fraction of sp³-hybridized carbons (Fsp3) is 0.424. The first-order chi connectivity index (χ1) is 19.4. The third-order valence-corrected chi connectivity index (χ3v) is 7.05. The monoisotopic (exact) mass is 546 g/mol. The van der Waals surface area contributed by atoms with E-state index in [2.05, 4.69) is 48.7 Å². The lowest BCUT2D eigenvalue weighted by atomic mass is 9.99. The lowest BCUT2D eigenvalue weighted by Crippen LogP contribution is -2.48. The summed E-state index contributed by atoms with van der Waals surface area (Å²) < 4.78 is 17.2. The fourth-order valence-electron chi connectivity index (χ4n) is 4.83. The molecule has 0 saturated carbocycles. The molecule has 1 aliphatic rings. The Kier molecular flexibility index (Phi) is 11.0. The number of amides is 1.